The van der Waals surface area contributed by atoms with Crippen molar-refractivity contribution in [2.75, 3.05) is 26.2 Å². The van der Waals surface area contributed by atoms with Crippen LogP contribution in [0.1, 0.15) is 23.5 Å². The molecule has 5 rings (SSSR count). The third-order valence-electron chi connectivity index (χ3n) is 6.77. The molecule has 2 amide bonds. The van der Waals surface area contributed by atoms with Crippen LogP contribution in [-0.2, 0) is 16.0 Å². The predicted octanol–water partition coefficient (Wildman–Crippen LogP) is 4.51. The number of benzene rings is 3. The van der Waals surface area contributed by atoms with Gasteiger partial charge in [0.15, 0.2) is 0 Å². The number of amides is 2. The highest BCUT2D eigenvalue weighted by atomic mass is 19.1. The number of carbonyl (C=O) groups excluding carboxylic acids is 2. The normalized spacial score (nSPS) is 19.9. The maximum atomic E-state index is 13.1. The average Bonchev–Trinajstić information content (AvgIpc) is 3.66. The fraction of sp³-hybridized carbons (Fsp3) is 0.286. The third-order valence-corrected chi connectivity index (χ3v) is 6.77. The minimum absolute atomic E-state index is 0.0131. The smallest absolute Gasteiger partial charge is 0.227 e. The zero-order chi connectivity index (χ0) is 22.8. The number of piperazine rings is 1. The number of rotatable bonds is 5. The quantitative estimate of drug-likeness (QED) is 0.583. The summed E-state index contributed by atoms with van der Waals surface area (Å²) < 4.78 is 13.1. The average molecular weight is 443 g/mol. The maximum absolute atomic E-state index is 13.1. The van der Waals surface area contributed by atoms with Crippen LogP contribution < -0.4 is 0 Å². The van der Waals surface area contributed by atoms with Crippen molar-refractivity contribution in [1.82, 2.24) is 9.80 Å². The molecule has 2 atom stereocenters. The van der Waals surface area contributed by atoms with Crippen LogP contribution >= 0.6 is 0 Å². The first-order valence-electron chi connectivity index (χ1n) is 11.5. The fourth-order valence-electron chi connectivity index (χ4n) is 4.69. The van der Waals surface area contributed by atoms with Crippen LogP contribution in [-0.4, -0.2) is 47.8 Å². The molecule has 1 saturated carbocycles. The lowest BCUT2D eigenvalue weighted by molar-refractivity contribution is -0.140. The Bertz CT molecular complexity index is 1120. The van der Waals surface area contributed by atoms with Crippen molar-refractivity contribution < 1.29 is 14.0 Å². The van der Waals surface area contributed by atoms with Crippen LogP contribution in [0.5, 0.6) is 0 Å². The van der Waals surface area contributed by atoms with E-state index in [2.05, 4.69) is 24.3 Å². The van der Waals surface area contributed by atoms with Gasteiger partial charge in [-0.25, -0.2) is 4.39 Å². The highest BCUT2D eigenvalue weighted by Gasteiger charge is 2.46. The summed E-state index contributed by atoms with van der Waals surface area (Å²) in [5.74, 6) is 0.186. The summed E-state index contributed by atoms with van der Waals surface area (Å²) in [5.41, 5.74) is 4.33. The van der Waals surface area contributed by atoms with Crippen LogP contribution in [0.4, 0.5) is 4.39 Å². The van der Waals surface area contributed by atoms with Gasteiger partial charge in [0.05, 0.1) is 6.42 Å². The van der Waals surface area contributed by atoms with E-state index >= 15 is 0 Å². The van der Waals surface area contributed by atoms with Gasteiger partial charge >= 0.3 is 0 Å². The van der Waals surface area contributed by atoms with E-state index in [0.717, 1.165) is 28.7 Å². The second kappa shape index (κ2) is 9.18. The minimum Gasteiger partial charge on any atom is -0.339 e. The molecular weight excluding hydrogens is 415 g/mol. The van der Waals surface area contributed by atoms with Gasteiger partial charge in [0, 0.05) is 32.1 Å². The van der Waals surface area contributed by atoms with Crippen molar-refractivity contribution in [2.24, 2.45) is 5.92 Å². The third kappa shape index (κ3) is 4.82. The summed E-state index contributed by atoms with van der Waals surface area (Å²) in [7, 11) is 0. The van der Waals surface area contributed by atoms with Gasteiger partial charge in [-0.3, -0.25) is 9.59 Å². The first-order valence-corrected chi connectivity index (χ1v) is 11.5. The van der Waals surface area contributed by atoms with Crippen molar-refractivity contribution in [2.45, 2.75) is 18.8 Å². The van der Waals surface area contributed by atoms with Gasteiger partial charge in [0.25, 0.3) is 0 Å². The molecule has 1 heterocycles. The highest BCUT2D eigenvalue weighted by Crippen LogP contribution is 2.48. The van der Waals surface area contributed by atoms with Crippen LogP contribution in [0, 0.1) is 11.7 Å². The zero-order valence-corrected chi connectivity index (χ0v) is 18.5. The van der Waals surface area contributed by atoms with Gasteiger partial charge in [-0.2, -0.15) is 0 Å². The van der Waals surface area contributed by atoms with Gasteiger partial charge in [0.1, 0.15) is 5.82 Å². The molecule has 5 heteroatoms. The topological polar surface area (TPSA) is 40.6 Å². The Labute approximate surface area is 193 Å². The van der Waals surface area contributed by atoms with Crippen molar-refractivity contribution in [3.8, 4) is 11.1 Å². The lowest BCUT2D eigenvalue weighted by Gasteiger charge is -2.35. The predicted molar refractivity (Wildman–Crippen MR) is 126 cm³/mol. The molecule has 0 aromatic heterocycles. The molecular formula is C28H27FN2O2. The molecule has 3 aromatic rings. The molecule has 4 nitrogen and oxygen atoms in total. The van der Waals surface area contributed by atoms with E-state index in [1.165, 1.54) is 12.1 Å². The molecule has 3 aromatic carbocycles. The molecule has 168 valence electrons. The van der Waals surface area contributed by atoms with Gasteiger partial charge in [-0.05, 0) is 46.7 Å². The summed E-state index contributed by atoms with van der Waals surface area (Å²) in [4.78, 5) is 29.4. The highest BCUT2D eigenvalue weighted by molar-refractivity contribution is 5.84. The summed E-state index contributed by atoms with van der Waals surface area (Å²) in [6, 6.07) is 24.8. The number of hydrogen-bond acceptors (Lipinski definition) is 2. The second-order valence-corrected chi connectivity index (χ2v) is 8.95. The first kappa shape index (κ1) is 21.4. The van der Waals surface area contributed by atoms with E-state index < -0.39 is 0 Å². The van der Waals surface area contributed by atoms with Crippen molar-refractivity contribution in [1.29, 1.82) is 0 Å². The molecule has 2 fully saturated rings. The SMILES string of the molecule is O=C(Cc1ccc(-c2ccccc2)cc1)N1CCN(C(=O)C2CC2c2ccc(F)cc2)CC1. The van der Waals surface area contributed by atoms with E-state index in [0.29, 0.717) is 32.6 Å². The van der Waals surface area contributed by atoms with E-state index in [4.69, 9.17) is 0 Å². The molecule has 2 aliphatic rings. The Morgan fingerprint density at radius 1 is 0.758 bits per heavy atom. The number of hydrogen-bond donors (Lipinski definition) is 0. The number of nitrogens with zero attached hydrogens (tertiary/aromatic N) is 2. The molecule has 1 aliphatic carbocycles. The molecule has 0 spiro atoms. The lowest BCUT2D eigenvalue weighted by Crippen LogP contribution is -2.51. The van der Waals surface area contributed by atoms with E-state index in [-0.39, 0.29) is 29.5 Å². The molecule has 1 aliphatic heterocycles. The van der Waals surface area contributed by atoms with Crippen molar-refractivity contribution in [3.05, 3.63) is 95.8 Å². The van der Waals surface area contributed by atoms with E-state index in [9.17, 15) is 14.0 Å². The van der Waals surface area contributed by atoms with Crippen LogP contribution in [0.2, 0.25) is 0 Å². The molecule has 0 bridgehead atoms. The van der Waals surface area contributed by atoms with E-state index in [1.54, 1.807) is 12.1 Å². The van der Waals surface area contributed by atoms with E-state index in [1.807, 2.05) is 40.1 Å². The second-order valence-electron chi connectivity index (χ2n) is 8.95. The Kier molecular flexibility index (Phi) is 5.95. The monoisotopic (exact) mass is 442 g/mol. The lowest BCUT2D eigenvalue weighted by atomic mass is 10.0. The fourth-order valence-corrected chi connectivity index (χ4v) is 4.69. The molecule has 2 unspecified atom stereocenters. The zero-order valence-electron chi connectivity index (χ0n) is 18.5. The Morgan fingerprint density at radius 3 is 2.03 bits per heavy atom. The Hall–Kier alpha value is -3.47. The van der Waals surface area contributed by atoms with Gasteiger partial charge in [-0.15, -0.1) is 0 Å². The van der Waals surface area contributed by atoms with Crippen molar-refractivity contribution >= 4 is 11.8 Å². The largest absolute Gasteiger partial charge is 0.339 e. The standard InChI is InChI=1S/C28H27FN2O2/c29-24-12-10-23(11-13-24)25-19-26(25)28(33)31-16-14-30(15-17-31)27(32)18-20-6-8-22(9-7-20)21-4-2-1-3-5-21/h1-13,25-26H,14-19H2. The van der Waals surface area contributed by atoms with Gasteiger partial charge < -0.3 is 9.80 Å². The van der Waals surface area contributed by atoms with Crippen molar-refractivity contribution in [3.63, 3.8) is 0 Å². The van der Waals surface area contributed by atoms with Gasteiger partial charge in [-0.1, -0.05) is 66.7 Å². The van der Waals surface area contributed by atoms with Crippen LogP contribution in [0.3, 0.4) is 0 Å². The Morgan fingerprint density at radius 2 is 1.36 bits per heavy atom. The molecule has 0 N–H and O–H groups in total. The maximum Gasteiger partial charge on any atom is 0.227 e. The van der Waals surface area contributed by atoms with Gasteiger partial charge in [0.2, 0.25) is 11.8 Å². The molecule has 1 saturated heterocycles. The van der Waals surface area contributed by atoms with Crippen LogP contribution in [0.15, 0.2) is 78.9 Å². The summed E-state index contributed by atoms with van der Waals surface area (Å²) >= 11 is 0. The van der Waals surface area contributed by atoms with Crippen LogP contribution in [0.25, 0.3) is 11.1 Å². The summed E-state index contributed by atoms with van der Waals surface area (Å²) in [5, 5.41) is 0. The minimum atomic E-state index is -0.254. The number of carbonyl (C=O) groups is 2. The molecule has 0 radical (unpaired) electrons. The first-order chi connectivity index (χ1) is 16.1. The summed E-state index contributed by atoms with van der Waals surface area (Å²) in [6.07, 6.45) is 1.20. The Balaban J connectivity index is 1.11. The summed E-state index contributed by atoms with van der Waals surface area (Å²) in [6.45, 7) is 2.29. The molecule has 33 heavy (non-hydrogen) atoms. The number of halogens is 1.